The minimum absolute atomic E-state index is 0.0422. The summed E-state index contributed by atoms with van der Waals surface area (Å²) in [7, 11) is -0.712. The van der Waals surface area contributed by atoms with Gasteiger partial charge in [-0.25, -0.2) is 0 Å². The smallest absolute Gasteiger partial charge is 0.306 e. The minimum atomic E-state index is -4.65. The van der Waals surface area contributed by atoms with Crippen LogP contribution in [-0.2, 0) is 32.7 Å². The van der Waals surface area contributed by atoms with Crippen molar-refractivity contribution in [3.63, 3.8) is 0 Å². The highest BCUT2D eigenvalue weighted by molar-refractivity contribution is 7.80. The molecule has 0 aromatic rings. The summed E-state index contributed by atoms with van der Waals surface area (Å²) in [6, 6.07) is 0. The Bertz CT molecular complexity index is 940. The maximum absolute atomic E-state index is 12.7. The second-order valence-electron chi connectivity index (χ2n) is 16.9. The maximum Gasteiger partial charge on any atom is 0.306 e. The molecule has 0 rings (SSSR count). The number of phosphoric ester groups is 1. The van der Waals surface area contributed by atoms with E-state index in [1.165, 1.54) is 154 Å². The molecule has 0 radical (unpaired) electrons. The largest absolute Gasteiger partial charge is 0.756 e. The number of hydrogen-bond acceptors (Lipinski definition) is 9. The van der Waals surface area contributed by atoms with Crippen LogP contribution in [0.1, 0.15) is 219 Å². The number of esters is 2. The van der Waals surface area contributed by atoms with Crippen molar-refractivity contribution in [2.24, 2.45) is 0 Å². The van der Waals surface area contributed by atoms with Gasteiger partial charge in [-0.05, 0) is 12.8 Å². The summed E-state index contributed by atoms with van der Waals surface area (Å²) >= 11 is 4.26. The molecule has 0 aromatic carbocycles. The molecule has 11 heteroatoms. The van der Waals surface area contributed by atoms with Gasteiger partial charge in [-0.1, -0.05) is 194 Å². The van der Waals surface area contributed by atoms with Crippen molar-refractivity contribution >= 4 is 32.4 Å². The van der Waals surface area contributed by atoms with Gasteiger partial charge in [0.15, 0.2) is 6.10 Å². The Morgan fingerprint density at radius 1 is 0.536 bits per heavy atom. The molecule has 0 spiro atoms. The van der Waals surface area contributed by atoms with E-state index in [2.05, 4.69) is 26.5 Å². The van der Waals surface area contributed by atoms with Gasteiger partial charge < -0.3 is 27.9 Å². The second-order valence-corrected chi connectivity index (χ2v) is 18.7. The second kappa shape index (κ2) is 39.8. The number of carbonyl (C=O) groups is 2. The number of likely N-dealkylation sites (N-methyl/N-ethyl adjacent to an activating group) is 1. The summed E-state index contributed by atoms with van der Waals surface area (Å²) in [5.74, 6) is -0.156. The predicted molar refractivity (Wildman–Crippen MR) is 235 cm³/mol. The number of rotatable bonds is 44. The fourth-order valence-corrected chi connectivity index (χ4v) is 8.16. The molecule has 0 saturated heterocycles. The molecule has 2 atom stereocenters. The van der Waals surface area contributed by atoms with Gasteiger partial charge in [-0.2, -0.15) is 12.6 Å². The zero-order chi connectivity index (χ0) is 41.4. The van der Waals surface area contributed by atoms with Gasteiger partial charge in [-0.15, -0.1) is 0 Å². The number of ether oxygens (including phenoxy) is 2. The maximum atomic E-state index is 12.7. The van der Waals surface area contributed by atoms with Crippen molar-refractivity contribution in [2.45, 2.75) is 225 Å². The average molecular weight is 836 g/mol. The Hall–Kier alpha value is -0.640. The van der Waals surface area contributed by atoms with Gasteiger partial charge in [0, 0.05) is 18.6 Å². The van der Waals surface area contributed by atoms with E-state index in [-0.39, 0.29) is 32.0 Å². The van der Waals surface area contributed by atoms with Gasteiger partial charge >= 0.3 is 11.9 Å². The first-order valence-corrected chi connectivity index (χ1v) is 25.5. The van der Waals surface area contributed by atoms with Crippen LogP contribution in [0, 0.1) is 0 Å². The number of thiol groups is 1. The van der Waals surface area contributed by atoms with Crippen LogP contribution in [0.15, 0.2) is 0 Å². The third kappa shape index (κ3) is 40.2. The van der Waals surface area contributed by atoms with Crippen LogP contribution in [0.25, 0.3) is 0 Å². The lowest BCUT2D eigenvalue weighted by molar-refractivity contribution is -0.887. The molecule has 0 heterocycles. The first-order valence-electron chi connectivity index (χ1n) is 23.4. The highest BCUT2D eigenvalue weighted by Crippen LogP contribution is 2.38. The Balaban J connectivity index is 4.40. The van der Waals surface area contributed by atoms with E-state index in [4.69, 9.17) is 18.5 Å². The standard InChI is InChI=1S/C45H90NO8PS/c1-5-7-9-11-13-15-17-19-21-23-25-27-29-31-33-35-44(47)51-41-43(42-53-55(49,50)52-39-37-46(3,4)38-40-56)54-45(48)36-34-32-30-28-26-24-22-20-18-16-14-12-10-8-6-2/h43H,5-42H2,1-4H3,(H-,49,50,56). The molecule has 0 aliphatic rings. The molecule has 0 saturated carbocycles. The summed E-state index contributed by atoms with van der Waals surface area (Å²) in [6.45, 7) is 4.98. The van der Waals surface area contributed by atoms with E-state index in [1.54, 1.807) is 0 Å². The third-order valence-electron chi connectivity index (χ3n) is 10.8. The highest BCUT2D eigenvalue weighted by Gasteiger charge is 2.22. The van der Waals surface area contributed by atoms with Gasteiger partial charge in [0.1, 0.15) is 19.8 Å². The lowest BCUT2D eigenvalue weighted by Crippen LogP contribution is -2.43. The third-order valence-corrected chi connectivity index (χ3v) is 11.9. The van der Waals surface area contributed by atoms with Crippen LogP contribution < -0.4 is 4.89 Å². The normalized spacial score (nSPS) is 13.5. The van der Waals surface area contributed by atoms with Gasteiger partial charge in [0.2, 0.25) is 0 Å². The molecule has 0 aromatic heterocycles. The molecule has 0 aliphatic carbocycles. The van der Waals surface area contributed by atoms with E-state index >= 15 is 0 Å². The average Bonchev–Trinajstić information content (AvgIpc) is 3.15. The van der Waals surface area contributed by atoms with Crippen LogP contribution >= 0.6 is 20.5 Å². The van der Waals surface area contributed by atoms with Gasteiger partial charge in [0.25, 0.3) is 7.82 Å². The van der Waals surface area contributed by atoms with Crippen molar-refractivity contribution in [2.75, 3.05) is 52.8 Å². The van der Waals surface area contributed by atoms with Gasteiger partial charge in [0.05, 0.1) is 27.2 Å². The van der Waals surface area contributed by atoms with Crippen molar-refractivity contribution in [1.82, 2.24) is 0 Å². The monoisotopic (exact) mass is 836 g/mol. The Morgan fingerprint density at radius 3 is 1.27 bits per heavy atom. The quantitative estimate of drug-likeness (QED) is 0.0212. The molecular weight excluding hydrogens is 746 g/mol. The molecule has 0 N–H and O–H groups in total. The SMILES string of the molecule is CCCCCCCCCCCCCCCCCC(=O)OCC(COP(=O)([O-])OCC[N+](C)(C)CCS)OC(=O)CCCCCCCCCCCCCCCCC. The summed E-state index contributed by atoms with van der Waals surface area (Å²) in [6.07, 6.45) is 36.8. The topological polar surface area (TPSA) is 111 Å². The number of nitrogens with zero attached hydrogens (tertiary/aromatic N) is 1. The number of phosphoric acid groups is 1. The minimum Gasteiger partial charge on any atom is -0.756 e. The first kappa shape index (κ1) is 55.4. The van der Waals surface area contributed by atoms with E-state index in [0.29, 0.717) is 23.2 Å². The number of hydrogen-bond donors (Lipinski definition) is 1. The van der Waals surface area contributed by atoms with E-state index in [9.17, 15) is 19.0 Å². The molecule has 0 bridgehead atoms. The number of unbranched alkanes of at least 4 members (excludes halogenated alkanes) is 28. The predicted octanol–water partition coefficient (Wildman–Crippen LogP) is 12.5. The Labute approximate surface area is 351 Å². The fraction of sp³-hybridized carbons (Fsp3) is 0.956. The zero-order valence-electron chi connectivity index (χ0n) is 37.1. The first-order chi connectivity index (χ1) is 27.0. The van der Waals surface area contributed by atoms with Crippen LogP contribution in [0.4, 0.5) is 0 Å². The molecule has 334 valence electrons. The van der Waals surface area contributed by atoms with E-state index < -0.39 is 26.5 Å². The molecule has 2 unspecified atom stereocenters. The summed E-state index contributed by atoms with van der Waals surface area (Å²) in [5.41, 5.74) is 0. The van der Waals surface area contributed by atoms with Crippen molar-refractivity contribution in [1.29, 1.82) is 0 Å². The molecular formula is C45H90NO8PS. The zero-order valence-corrected chi connectivity index (χ0v) is 38.8. The molecule has 0 amide bonds. The number of quaternary nitrogens is 1. The highest BCUT2D eigenvalue weighted by atomic mass is 32.1. The van der Waals surface area contributed by atoms with Crippen molar-refractivity contribution < 1.29 is 42.1 Å². The van der Waals surface area contributed by atoms with Gasteiger partial charge in [-0.3, -0.25) is 14.2 Å². The lowest BCUT2D eigenvalue weighted by atomic mass is 10.0. The number of carbonyl (C=O) groups excluding carboxylic acids is 2. The summed E-state index contributed by atoms with van der Waals surface area (Å²) in [5, 5.41) is 0. The lowest BCUT2D eigenvalue weighted by Gasteiger charge is -2.31. The molecule has 9 nitrogen and oxygen atoms in total. The summed E-state index contributed by atoms with van der Waals surface area (Å²) in [4.78, 5) is 37.8. The Morgan fingerprint density at radius 2 is 0.893 bits per heavy atom. The van der Waals surface area contributed by atoms with Crippen molar-refractivity contribution in [3.05, 3.63) is 0 Å². The van der Waals surface area contributed by atoms with E-state index in [1.807, 2.05) is 14.1 Å². The van der Waals surface area contributed by atoms with Crippen LogP contribution in [0.2, 0.25) is 0 Å². The molecule has 0 aliphatic heterocycles. The van der Waals surface area contributed by atoms with Crippen LogP contribution in [0.5, 0.6) is 0 Å². The fourth-order valence-electron chi connectivity index (χ4n) is 6.89. The Kier molecular flexibility index (Phi) is 39.3. The molecule has 56 heavy (non-hydrogen) atoms. The van der Waals surface area contributed by atoms with E-state index in [0.717, 1.165) is 38.6 Å². The van der Waals surface area contributed by atoms with Crippen molar-refractivity contribution in [3.8, 4) is 0 Å². The molecule has 0 fully saturated rings. The summed E-state index contributed by atoms with van der Waals surface area (Å²) < 4.78 is 34.3. The van der Waals surface area contributed by atoms with Crippen LogP contribution in [-0.4, -0.2) is 75.3 Å². The van der Waals surface area contributed by atoms with Crippen LogP contribution in [0.3, 0.4) is 0 Å².